The molecule has 1 aromatic carbocycles. The molecule has 0 fully saturated rings. The summed E-state index contributed by atoms with van der Waals surface area (Å²) in [6, 6.07) is 6.48. The van der Waals surface area contributed by atoms with Crippen molar-refractivity contribution in [1.29, 1.82) is 0 Å². The van der Waals surface area contributed by atoms with Gasteiger partial charge in [0.2, 0.25) is 5.65 Å². The van der Waals surface area contributed by atoms with Crippen LogP contribution >= 0.6 is 0 Å². The SMILES string of the molecule is Cc1ccc(C)c(CN(C)Cc2nnc3c(=O)n(C)ccn23)c1. The second kappa shape index (κ2) is 5.96. The van der Waals surface area contributed by atoms with Gasteiger partial charge < -0.3 is 4.57 Å². The van der Waals surface area contributed by atoms with E-state index in [1.165, 1.54) is 21.3 Å². The Balaban J connectivity index is 1.83. The Kier molecular flexibility index (Phi) is 4.00. The first-order chi connectivity index (χ1) is 11.0. The van der Waals surface area contributed by atoms with Gasteiger partial charge in [-0.3, -0.25) is 14.1 Å². The van der Waals surface area contributed by atoms with Crippen LogP contribution in [0.2, 0.25) is 0 Å². The summed E-state index contributed by atoms with van der Waals surface area (Å²) in [5.41, 5.74) is 4.07. The van der Waals surface area contributed by atoms with Crippen molar-refractivity contribution < 1.29 is 0 Å². The molecule has 2 heterocycles. The molecule has 23 heavy (non-hydrogen) atoms. The van der Waals surface area contributed by atoms with E-state index in [0.717, 1.165) is 12.4 Å². The molecule has 120 valence electrons. The molecule has 0 saturated carbocycles. The zero-order valence-corrected chi connectivity index (χ0v) is 13.9. The van der Waals surface area contributed by atoms with Crippen LogP contribution in [0.25, 0.3) is 5.65 Å². The summed E-state index contributed by atoms with van der Waals surface area (Å²) in [6.07, 6.45) is 3.56. The molecule has 6 nitrogen and oxygen atoms in total. The molecule has 2 aromatic heterocycles. The van der Waals surface area contributed by atoms with Crippen molar-refractivity contribution >= 4 is 5.65 Å². The fraction of sp³-hybridized carbons (Fsp3) is 0.353. The number of aromatic nitrogens is 4. The van der Waals surface area contributed by atoms with Crippen LogP contribution in [-0.4, -0.2) is 31.1 Å². The van der Waals surface area contributed by atoms with Gasteiger partial charge in [-0.25, -0.2) is 0 Å². The van der Waals surface area contributed by atoms with Crippen molar-refractivity contribution in [2.75, 3.05) is 7.05 Å². The Morgan fingerprint density at radius 2 is 1.91 bits per heavy atom. The van der Waals surface area contributed by atoms with Gasteiger partial charge in [0.1, 0.15) is 0 Å². The van der Waals surface area contributed by atoms with Gasteiger partial charge in [0.25, 0.3) is 5.56 Å². The van der Waals surface area contributed by atoms with Crippen LogP contribution in [0.15, 0.2) is 35.4 Å². The molecule has 0 atom stereocenters. The average molecular weight is 311 g/mol. The fourth-order valence-electron chi connectivity index (χ4n) is 2.68. The van der Waals surface area contributed by atoms with E-state index in [1.54, 1.807) is 17.6 Å². The minimum absolute atomic E-state index is 0.136. The van der Waals surface area contributed by atoms with Crippen LogP contribution in [0.3, 0.4) is 0 Å². The Morgan fingerprint density at radius 1 is 1.13 bits per heavy atom. The van der Waals surface area contributed by atoms with Crippen molar-refractivity contribution in [3.05, 3.63) is 63.5 Å². The third kappa shape index (κ3) is 3.03. The molecule has 0 amide bonds. The van der Waals surface area contributed by atoms with Gasteiger partial charge in [0.15, 0.2) is 5.82 Å². The molecule has 0 N–H and O–H groups in total. The third-order valence-corrected chi connectivity index (χ3v) is 4.07. The van der Waals surface area contributed by atoms with Crippen LogP contribution in [0.5, 0.6) is 0 Å². The number of benzene rings is 1. The van der Waals surface area contributed by atoms with Gasteiger partial charge in [-0.1, -0.05) is 23.8 Å². The topological polar surface area (TPSA) is 55.4 Å². The molecule has 0 aliphatic rings. The van der Waals surface area contributed by atoms with E-state index in [0.29, 0.717) is 12.2 Å². The van der Waals surface area contributed by atoms with E-state index in [2.05, 4.69) is 47.1 Å². The molecule has 6 heteroatoms. The molecule has 3 aromatic rings. The molecular weight excluding hydrogens is 290 g/mol. The first-order valence-corrected chi connectivity index (χ1v) is 7.59. The number of rotatable bonds is 4. The summed E-state index contributed by atoms with van der Waals surface area (Å²) in [7, 11) is 3.76. The lowest BCUT2D eigenvalue weighted by molar-refractivity contribution is 0.308. The summed E-state index contributed by atoms with van der Waals surface area (Å²) in [6.45, 7) is 5.68. The lowest BCUT2D eigenvalue weighted by Gasteiger charge is -2.17. The zero-order chi connectivity index (χ0) is 16.6. The molecular formula is C17H21N5O. The van der Waals surface area contributed by atoms with E-state index in [9.17, 15) is 4.79 Å². The van der Waals surface area contributed by atoms with Gasteiger partial charge >= 0.3 is 0 Å². The second-order valence-corrected chi connectivity index (χ2v) is 6.13. The Labute approximate surface area is 135 Å². The number of hydrogen-bond donors (Lipinski definition) is 0. The van der Waals surface area contributed by atoms with E-state index >= 15 is 0 Å². The Bertz CT molecular complexity index is 909. The van der Waals surface area contributed by atoms with Gasteiger partial charge in [0, 0.05) is 26.0 Å². The Hall–Kier alpha value is -2.47. The Morgan fingerprint density at radius 3 is 2.70 bits per heavy atom. The largest absolute Gasteiger partial charge is 0.314 e. The van der Waals surface area contributed by atoms with Crippen LogP contribution in [-0.2, 0) is 20.1 Å². The lowest BCUT2D eigenvalue weighted by atomic mass is 10.1. The monoisotopic (exact) mass is 311 g/mol. The van der Waals surface area contributed by atoms with Gasteiger partial charge in [-0.2, -0.15) is 0 Å². The number of aryl methyl sites for hydroxylation is 3. The van der Waals surface area contributed by atoms with Crippen molar-refractivity contribution in [3.63, 3.8) is 0 Å². The van der Waals surface area contributed by atoms with E-state index in [1.807, 2.05) is 13.2 Å². The maximum Gasteiger partial charge on any atom is 0.295 e. The van der Waals surface area contributed by atoms with E-state index in [4.69, 9.17) is 0 Å². The highest BCUT2D eigenvalue weighted by Crippen LogP contribution is 2.14. The van der Waals surface area contributed by atoms with Crippen molar-refractivity contribution in [1.82, 2.24) is 24.1 Å². The highest BCUT2D eigenvalue weighted by molar-refractivity contribution is 5.34. The standard InChI is InChI=1S/C17H21N5O/c1-12-5-6-13(2)14(9-12)10-20(3)11-15-18-19-16-17(23)21(4)7-8-22(15)16/h5-9H,10-11H2,1-4H3. The summed E-state index contributed by atoms with van der Waals surface area (Å²) >= 11 is 0. The molecule has 0 saturated heterocycles. The number of nitrogens with zero attached hydrogens (tertiary/aromatic N) is 5. The number of hydrogen-bond acceptors (Lipinski definition) is 4. The molecule has 0 aliphatic carbocycles. The maximum atomic E-state index is 12.0. The first-order valence-electron chi connectivity index (χ1n) is 7.59. The highest BCUT2D eigenvalue weighted by atomic mass is 16.1. The van der Waals surface area contributed by atoms with E-state index < -0.39 is 0 Å². The minimum Gasteiger partial charge on any atom is -0.314 e. The lowest BCUT2D eigenvalue weighted by Crippen LogP contribution is -2.21. The van der Waals surface area contributed by atoms with Crippen molar-refractivity contribution in [2.45, 2.75) is 26.9 Å². The van der Waals surface area contributed by atoms with Gasteiger partial charge in [-0.15, -0.1) is 10.2 Å². The molecule has 0 radical (unpaired) electrons. The van der Waals surface area contributed by atoms with Crippen molar-refractivity contribution in [3.8, 4) is 0 Å². The molecule has 0 aliphatic heterocycles. The van der Waals surface area contributed by atoms with Gasteiger partial charge in [0.05, 0.1) is 6.54 Å². The van der Waals surface area contributed by atoms with E-state index in [-0.39, 0.29) is 5.56 Å². The van der Waals surface area contributed by atoms with Crippen molar-refractivity contribution in [2.24, 2.45) is 7.05 Å². The molecule has 0 bridgehead atoms. The fourth-order valence-corrected chi connectivity index (χ4v) is 2.68. The third-order valence-electron chi connectivity index (χ3n) is 4.07. The molecule has 0 spiro atoms. The van der Waals surface area contributed by atoms with Crippen LogP contribution in [0.4, 0.5) is 0 Å². The zero-order valence-electron chi connectivity index (χ0n) is 13.9. The number of fused-ring (bicyclic) bond motifs is 1. The molecule has 0 unspecified atom stereocenters. The van der Waals surface area contributed by atoms with Crippen LogP contribution in [0.1, 0.15) is 22.5 Å². The summed E-state index contributed by atoms with van der Waals surface area (Å²) in [4.78, 5) is 14.2. The van der Waals surface area contributed by atoms with Crippen LogP contribution in [0, 0.1) is 13.8 Å². The predicted octanol–water partition coefficient (Wildman–Crippen LogP) is 1.68. The van der Waals surface area contributed by atoms with Gasteiger partial charge in [-0.05, 0) is 32.0 Å². The quantitative estimate of drug-likeness (QED) is 0.735. The predicted molar refractivity (Wildman–Crippen MR) is 89.3 cm³/mol. The maximum absolute atomic E-state index is 12.0. The smallest absolute Gasteiger partial charge is 0.295 e. The second-order valence-electron chi connectivity index (χ2n) is 6.13. The normalized spacial score (nSPS) is 11.5. The summed E-state index contributed by atoms with van der Waals surface area (Å²) < 4.78 is 3.27. The minimum atomic E-state index is -0.136. The molecule has 3 rings (SSSR count). The van der Waals surface area contributed by atoms with Crippen LogP contribution < -0.4 is 5.56 Å². The summed E-state index contributed by atoms with van der Waals surface area (Å²) in [5, 5.41) is 8.20. The first kappa shape index (κ1) is 15.4. The average Bonchev–Trinajstić information content (AvgIpc) is 2.90. The summed E-state index contributed by atoms with van der Waals surface area (Å²) in [5.74, 6) is 0.769. The highest BCUT2D eigenvalue weighted by Gasteiger charge is 2.12.